The maximum atomic E-state index is 13.5. The van der Waals surface area contributed by atoms with Gasteiger partial charge in [-0.15, -0.1) is 5.06 Å². The van der Waals surface area contributed by atoms with Crippen LogP contribution in [0.25, 0.3) is 0 Å². The molecule has 45 heavy (non-hydrogen) atoms. The number of esters is 3. The standard InChI is InChI=1S/C33H27NO11/c1-16(2)29(37)41-19-6-9-23-25(14-19)43-26-15-20(42-30(38)17(3)4)7-10-24(26)33(23)22-8-5-18(13-21(22)32(40)44-33)31(39)45-34-27(35)11-12-28(34)36/h5-10,13-17H,11-12H2,1-4H3. The van der Waals surface area contributed by atoms with Gasteiger partial charge in [0.25, 0.3) is 11.8 Å². The average molecular weight is 614 g/mol. The second-order valence-electron chi connectivity index (χ2n) is 11.4. The Bertz CT molecular complexity index is 1740. The molecule has 3 heterocycles. The summed E-state index contributed by atoms with van der Waals surface area (Å²) in [6.45, 7) is 6.79. The van der Waals surface area contributed by atoms with Crippen LogP contribution < -0.4 is 14.2 Å². The van der Waals surface area contributed by atoms with E-state index in [0.29, 0.717) is 21.8 Å². The predicted molar refractivity (Wildman–Crippen MR) is 152 cm³/mol. The first-order chi connectivity index (χ1) is 21.4. The molecule has 0 unspecified atom stereocenters. The molecule has 1 fully saturated rings. The molecule has 12 nitrogen and oxygen atoms in total. The monoisotopic (exact) mass is 613 g/mol. The third-order valence-electron chi connectivity index (χ3n) is 7.54. The van der Waals surface area contributed by atoms with E-state index in [1.807, 2.05) is 0 Å². The summed E-state index contributed by atoms with van der Waals surface area (Å²) in [6, 6.07) is 13.5. The number of nitrogens with zero attached hydrogens (tertiary/aromatic N) is 1. The molecule has 230 valence electrons. The molecule has 0 aromatic heterocycles. The van der Waals surface area contributed by atoms with Crippen LogP contribution in [-0.4, -0.2) is 40.8 Å². The second kappa shape index (κ2) is 10.9. The number of hydroxylamine groups is 2. The fraction of sp³-hybridized carbons (Fsp3) is 0.273. The molecule has 3 aliphatic rings. The lowest BCUT2D eigenvalue weighted by atomic mass is 9.77. The zero-order valence-electron chi connectivity index (χ0n) is 24.7. The maximum absolute atomic E-state index is 13.5. The Kier molecular flexibility index (Phi) is 7.15. The van der Waals surface area contributed by atoms with Crippen molar-refractivity contribution < 1.29 is 52.6 Å². The summed E-state index contributed by atoms with van der Waals surface area (Å²) in [5, 5.41) is 0.424. The van der Waals surface area contributed by atoms with Crippen LogP contribution in [0.1, 0.15) is 77.9 Å². The minimum absolute atomic E-state index is 0.0351. The van der Waals surface area contributed by atoms with Gasteiger partial charge in [-0.25, -0.2) is 9.59 Å². The van der Waals surface area contributed by atoms with Crippen molar-refractivity contribution in [2.45, 2.75) is 46.1 Å². The van der Waals surface area contributed by atoms with Crippen molar-refractivity contribution in [3.63, 3.8) is 0 Å². The maximum Gasteiger partial charge on any atom is 0.363 e. The van der Waals surface area contributed by atoms with Gasteiger partial charge in [-0.1, -0.05) is 33.8 Å². The van der Waals surface area contributed by atoms with Crippen LogP contribution in [0.2, 0.25) is 0 Å². The van der Waals surface area contributed by atoms with Crippen LogP contribution in [0.4, 0.5) is 0 Å². The highest BCUT2D eigenvalue weighted by atomic mass is 16.7. The first-order valence-electron chi connectivity index (χ1n) is 14.2. The molecule has 12 heteroatoms. The predicted octanol–water partition coefficient (Wildman–Crippen LogP) is 4.60. The zero-order valence-corrected chi connectivity index (χ0v) is 24.7. The van der Waals surface area contributed by atoms with Crippen molar-refractivity contribution in [2.75, 3.05) is 0 Å². The Hall–Kier alpha value is -5.52. The lowest BCUT2D eigenvalue weighted by molar-refractivity contribution is -0.172. The number of carbonyl (C=O) groups is 6. The van der Waals surface area contributed by atoms with Crippen molar-refractivity contribution in [1.82, 2.24) is 5.06 Å². The molecule has 1 spiro atoms. The van der Waals surface area contributed by atoms with E-state index in [1.54, 1.807) is 52.0 Å². The molecule has 0 saturated carbocycles. The normalized spacial score (nSPS) is 15.8. The minimum Gasteiger partial charge on any atom is -0.456 e. The van der Waals surface area contributed by atoms with Crippen molar-refractivity contribution in [3.05, 3.63) is 82.4 Å². The van der Waals surface area contributed by atoms with Crippen LogP contribution in [0, 0.1) is 11.8 Å². The molecule has 0 radical (unpaired) electrons. The van der Waals surface area contributed by atoms with Crippen LogP contribution >= 0.6 is 0 Å². The van der Waals surface area contributed by atoms with E-state index in [-0.39, 0.29) is 47.0 Å². The van der Waals surface area contributed by atoms with Gasteiger partial charge in [0.05, 0.1) is 23.0 Å². The fourth-order valence-electron chi connectivity index (χ4n) is 5.20. The van der Waals surface area contributed by atoms with Gasteiger partial charge in [0.2, 0.25) is 0 Å². The van der Waals surface area contributed by atoms with Crippen molar-refractivity contribution in [2.24, 2.45) is 11.8 Å². The topological polar surface area (TPSA) is 152 Å². The number of fused-ring (bicyclic) bond motifs is 6. The number of hydrogen-bond acceptors (Lipinski definition) is 11. The van der Waals surface area contributed by atoms with E-state index in [2.05, 4.69) is 0 Å². The molecule has 3 aliphatic heterocycles. The summed E-state index contributed by atoms with van der Waals surface area (Å²) in [5.74, 6) is -3.94. The molecule has 6 rings (SSSR count). The first kappa shape index (κ1) is 29.5. The van der Waals surface area contributed by atoms with Crippen LogP contribution in [0.3, 0.4) is 0 Å². The summed E-state index contributed by atoms with van der Waals surface area (Å²) in [7, 11) is 0. The highest BCUT2D eigenvalue weighted by Crippen LogP contribution is 2.57. The van der Waals surface area contributed by atoms with Gasteiger partial charge in [-0.05, 0) is 36.4 Å². The molecule has 0 N–H and O–H groups in total. The van der Waals surface area contributed by atoms with Gasteiger partial charge in [0.15, 0.2) is 5.60 Å². The van der Waals surface area contributed by atoms with E-state index in [0.717, 1.165) is 0 Å². The quantitative estimate of drug-likeness (QED) is 0.218. The fourth-order valence-corrected chi connectivity index (χ4v) is 5.20. The number of benzene rings is 3. The molecule has 0 aliphatic carbocycles. The van der Waals surface area contributed by atoms with Crippen LogP contribution in [-0.2, 0) is 34.4 Å². The summed E-state index contributed by atoms with van der Waals surface area (Å²) < 4.78 is 23.3. The van der Waals surface area contributed by atoms with Crippen molar-refractivity contribution in [1.29, 1.82) is 0 Å². The molecule has 0 atom stereocenters. The lowest BCUT2D eigenvalue weighted by Crippen LogP contribution is -2.33. The van der Waals surface area contributed by atoms with E-state index < -0.39 is 53.1 Å². The third-order valence-corrected chi connectivity index (χ3v) is 7.54. The molecular weight excluding hydrogens is 586 g/mol. The van der Waals surface area contributed by atoms with Gasteiger partial charge < -0.3 is 23.8 Å². The number of carbonyl (C=O) groups excluding carboxylic acids is 6. The highest BCUT2D eigenvalue weighted by molar-refractivity contribution is 6.04. The van der Waals surface area contributed by atoms with E-state index in [9.17, 15) is 28.8 Å². The Labute approximate surface area is 256 Å². The van der Waals surface area contributed by atoms with E-state index >= 15 is 0 Å². The van der Waals surface area contributed by atoms with Gasteiger partial charge >= 0.3 is 23.9 Å². The molecule has 2 amide bonds. The minimum atomic E-state index is -1.57. The van der Waals surface area contributed by atoms with Gasteiger partial charge in [-0.2, -0.15) is 0 Å². The molecule has 3 aromatic carbocycles. The number of imide groups is 1. The number of hydrogen-bond donors (Lipinski definition) is 0. The zero-order chi connectivity index (χ0) is 32.2. The van der Waals surface area contributed by atoms with E-state index in [4.69, 9.17) is 23.8 Å². The average Bonchev–Trinajstić information content (AvgIpc) is 3.47. The lowest BCUT2D eigenvalue weighted by Gasteiger charge is -2.36. The summed E-state index contributed by atoms with van der Waals surface area (Å²) in [4.78, 5) is 79.9. The van der Waals surface area contributed by atoms with Crippen molar-refractivity contribution in [3.8, 4) is 23.0 Å². The number of rotatable bonds is 6. The Morgan fingerprint density at radius 1 is 0.733 bits per heavy atom. The van der Waals surface area contributed by atoms with Crippen LogP contribution in [0.5, 0.6) is 23.0 Å². The van der Waals surface area contributed by atoms with Gasteiger partial charge in [0.1, 0.15) is 23.0 Å². The van der Waals surface area contributed by atoms with Crippen molar-refractivity contribution >= 4 is 35.7 Å². The Balaban J connectivity index is 1.45. The number of ether oxygens (including phenoxy) is 4. The van der Waals surface area contributed by atoms with Crippen LogP contribution in [0.15, 0.2) is 54.6 Å². The van der Waals surface area contributed by atoms with Gasteiger partial charge in [-0.3, -0.25) is 19.2 Å². The second-order valence-corrected chi connectivity index (χ2v) is 11.4. The molecule has 3 aromatic rings. The largest absolute Gasteiger partial charge is 0.456 e. The Morgan fingerprint density at radius 2 is 1.24 bits per heavy atom. The Morgan fingerprint density at radius 3 is 1.76 bits per heavy atom. The number of amides is 2. The molecule has 1 saturated heterocycles. The van der Waals surface area contributed by atoms with Gasteiger partial charge in [0, 0.05) is 41.7 Å². The SMILES string of the molecule is CC(C)C(=O)Oc1ccc2c(c1)Oc1cc(OC(=O)C(C)C)ccc1C21OC(=O)c2cc(C(=O)ON3C(=O)CCC3=O)ccc21. The first-order valence-corrected chi connectivity index (χ1v) is 14.2. The smallest absolute Gasteiger partial charge is 0.363 e. The summed E-state index contributed by atoms with van der Waals surface area (Å²) >= 11 is 0. The van der Waals surface area contributed by atoms with E-state index in [1.165, 1.54) is 30.3 Å². The molecule has 0 bridgehead atoms. The summed E-state index contributed by atoms with van der Waals surface area (Å²) in [6.07, 6.45) is -0.133. The molecular formula is C33H27NO11. The third kappa shape index (κ3) is 4.97. The summed E-state index contributed by atoms with van der Waals surface area (Å²) in [5.41, 5.74) is -0.451. The highest BCUT2D eigenvalue weighted by Gasteiger charge is 2.54.